The minimum Gasteiger partial charge on any atom is -0.369 e. The second-order valence-corrected chi connectivity index (χ2v) is 5.71. The van der Waals surface area contributed by atoms with Gasteiger partial charge in [-0.2, -0.15) is 0 Å². The Morgan fingerprint density at radius 2 is 2.10 bits per heavy atom. The first-order valence-electron chi connectivity index (χ1n) is 7.29. The van der Waals surface area contributed by atoms with Crippen molar-refractivity contribution in [2.45, 2.75) is 12.5 Å². The highest BCUT2D eigenvalue weighted by atomic mass is 35.5. The van der Waals surface area contributed by atoms with Crippen LogP contribution in [0.4, 0.5) is 5.69 Å². The Labute approximate surface area is 131 Å². The molecule has 3 N–H and O–H groups in total. The van der Waals surface area contributed by atoms with Crippen molar-refractivity contribution < 1.29 is 4.79 Å². The Balaban J connectivity index is 1.91. The lowest BCUT2D eigenvalue weighted by Crippen LogP contribution is -2.53. The zero-order valence-corrected chi connectivity index (χ0v) is 13.1. The van der Waals surface area contributed by atoms with Crippen molar-refractivity contribution in [2.75, 3.05) is 44.7 Å². The molecule has 2 rings (SSSR count). The van der Waals surface area contributed by atoms with Crippen LogP contribution >= 0.6 is 11.6 Å². The van der Waals surface area contributed by atoms with E-state index in [9.17, 15) is 4.79 Å². The van der Waals surface area contributed by atoms with Crippen LogP contribution in [0, 0.1) is 0 Å². The lowest BCUT2D eigenvalue weighted by molar-refractivity contribution is -0.121. The molecule has 1 aromatic carbocycles. The average Bonchev–Trinajstić information content (AvgIpc) is 2.52. The number of nitrogens with one attached hydrogen (secondary N) is 1. The minimum atomic E-state index is 0.0442. The summed E-state index contributed by atoms with van der Waals surface area (Å²) >= 11 is 6.04. The first kappa shape index (κ1) is 16.1. The van der Waals surface area contributed by atoms with Crippen LogP contribution in [0.5, 0.6) is 0 Å². The van der Waals surface area contributed by atoms with Gasteiger partial charge in [0.2, 0.25) is 5.91 Å². The summed E-state index contributed by atoms with van der Waals surface area (Å²) in [5.74, 6) is 0.0442. The maximum atomic E-state index is 11.5. The van der Waals surface area contributed by atoms with Crippen molar-refractivity contribution >= 4 is 23.2 Å². The van der Waals surface area contributed by atoms with E-state index in [1.807, 2.05) is 18.2 Å². The molecular formula is C15H23ClN4O. The fraction of sp³-hybridized carbons (Fsp3) is 0.533. The summed E-state index contributed by atoms with van der Waals surface area (Å²) in [4.78, 5) is 16.1. The van der Waals surface area contributed by atoms with Crippen LogP contribution in [0.25, 0.3) is 0 Å². The van der Waals surface area contributed by atoms with Gasteiger partial charge in [0, 0.05) is 62.9 Å². The Bertz CT molecular complexity index is 474. The van der Waals surface area contributed by atoms with Crippen molar-refractivity contribution in [3.8, 4) is 0 Å². The molecule has 1 unspecified atom stereocenters. The van der Waals surface area contributed by atoms with Gasteiger partial charge in [-0.15, -0.1) is 0 Å². The molecule has 1 aromatic rings. The molecule has 1 aliphatic heterocycles. The van der Waals surface area contributed by atoms with Gasteiger partial charge in [0.1, 0.15) is 0 Å². The van der Waals surface area contributed by atoms with E-state index in [0.29, 0.717) is 13.0 Å². The molecule has 21 heavy (non-hydrogen) atoms. The predicted molar refractivity (Wildman–Crippen MR) is 86.8 cm³/mol. The van der Waals surface area contributed by atoms with Gasteiger partial charge in [0.15, 0.2) is 0 Å². The highest BCUT2D eigenvalue weighted by Crippen LogP contribution is 2.21. The number of carbonyl (C=O) groups excluding carboxylic acids is 1. The second kappa shape index (κ2) is 7.64. The SMILES string of the molecule is CNC(=O)CC(CN)N1CCN(c2cccc(Cl)c2)CC1. The van der Waals surface area contributed by atoms with E-state index in [4.69, 9.17) is 17.3 Å². The highest BCUT2D eigenvalue weighted by molar-refractivity contribution is 6.30. The highest BCUT2D eigenvalue weighted by Gasteiger charge is 2.24. The third-order valence-corrected chi connectivity index (χ3v) is 4.21. The molecule has 0 saturated carbocycles. The fourth-order valence-corrected chi connectivity index (χ4v) is 2.88. The number of amides is 1. The molecule has 5 nitrogen and oxygen atoms in total. The molecule has 1 fully saturated rings. The zero-order valence-electron chi connectivity index (χ0n) is 12.4. The molecule has 0 bridgehead atoms. The number of carbonyl (C=O) groups is 1. The van der Waals surface area contributed by atoms with E-state index in [1.165, 1.54) is 0 Å². The Hall–Kier alpha value is -1.30. The number of halogens is 1. The van der Waals surface area contributed by atoms with E-state index in [2.05, 4.69) is 21.2 Å². The molecule has 1 saturated heterocycles. The Morgan fingerprint density at radius 3 is 2.67 bits per heavy atom. The van der Waals surface area contributed by atoms with Crippen molar-refractivity contribution in [3.63, 3.8) is 0 Å². The van der Waals surface area contributed by atoms with Crippen molar-refractivity contribution in [1.29, 1.82) is 0 Å². The van der Waals surface area contributed by atoms with Crippen LogP contribution in [0.1, 0.15) is 6.42 Å². The van der Waals surface area contributed by atoms with Crippen molar-refractivity contribution in [2.24, 2.45) is 5.73 Å². The Morgan fingerprint density at radius 1 is 1.38 bits per heavy atom. The summed E-state index contributed by atoms with van der Waals surface area (Å²) in [6.45, 7) is 4.16. The standard InChI is InChI=1S/C15H23ClN4O/c1-18-15(21)10-14(11-17)20-7-5-19(6-8-20)13-4-2-3-12(16)9-13/h2-4,9,14H,5-8,10-11,17H2,1H3,(H,18,21). The Kier molecular flexibility index (Phi) is 5.85. The zero-order chi connectivity index (χ0) is 15.2. The summed E-state index contributed by atoms with van der Waals surface area (Å²) in [6, 6.07) is 8.04. The topological polar surface area (TPSA) is 61.6 Å². The van der Waals surface area contributed by atoms with Crippen LogP contribution in [0.2, 0.25) is 5.02 Å². The van der Waals surface area contributed by atoms with Gasteiger partial charge in [-0.1, -0.05) is 17.7 Å². The molecule has 116 valence electrons. The molecule has 1 heterocycles. The van der Waals surface area contributed by atoms with Crippen LogP contribution in [0.15, 0.2) is 24.3 Å². The van der Waals surface area contributed by atoms with Crippen LogP contribution < -0.4 is 16.0 Å². The summed E-state index contributed by atoms with van der Waals surface area (Å²) in [5, 5.41) is 3.42. The lowest BCUT2D eigenvalue weighted by Gasteiger charge is -2.39. The number of hydrogen-bond acceptors (Lipinski definition) is 4. The minimum absolute atomic E-state index is 0.0442. The molecular weight excluding hydrogens is 288 g/mol. The second-order valence-electron chi connectivity index (χ2n) is 5.27. The van der Waals surface area contributed by atoms with E-state index in [-0.39, 0.29) is 11.9 Å². The molecule has 1 atom stereocenters. The number of anilines is 1. The average molecular weight is 311 g/mol. The first-order chi connectivity index (χ1) is 10.1. The predicted octanol–water partition coefficient (Wildman–Crippen LogP) is 0.925. The summed E-state index contributed by atoms with van der Waals surface area (Å²) in [5.41, 5.74) is 6.97. The molecule has 0 aromatic heterocycles. The number of piperazine rings is 1. The van der Waals surface area contributed by atoms with Gasteiger partial charge >= 0.3 is 0 Å². The number of rotatable bonds is 5. The van der Waals surface area contributed by atoms with Gasteiger partial charge < -0.3 is 16.0 Å². The number of nitrogens with zero attached hydrogens (tertiary/aromatic N) is 2. The summed E-state index contributed by atoms with van der Waals surface area (Å²) in [7, 11) is 1.66. The van der Waals surface area contributed by atoms with E-state index < -0.39 is 0 Å². The van der Waals surface area contributed by atoms with E-state index in [1.54, 1.807) is 7.05 Å². The first-order valence-corrected chi connectivity index (χ1v) is 7.67. The fourth-order valence-electron chi connectivity index (χ4n) is 2.70. The van der Waals surface area contributed by atoms with Crippen LogP contribution in [0.3, 0.4) is 0 Å². The smallest absolute Gasteiger partial charge is 0.221 e. The monoisotopic (exact) mass is 310 g/mol. The number of benzene rings is 1. The molecule has 6 heteroatoms. The maximum absolute atomic E-state index is 11.5. The van der Waals surface area contributed by atoms with Crippen LogP contribution in [-0.2, 0) is 4.79 Å². The van der Waals surface area contributed by atoms with E-state index >= 15 is 0 Å². The molecule has 0 radical (unpaired) electrons. The molecule has 0 spiro atoms. The van der Waals surface area contributed by atoms with E-state index in [0.717, 1.165) is 36.9 Å². The largest absolute Gasteiger partial charge is 0.369 e. The van der Waals surface area contributed by atoms with Gasteiger partial charge in [0.25, 0.3) is 0 Å². The molecule has 0 aliphatic carbocycles. The van der Waals surface area contributed by atoms with Crippen molar-refractivity contribution in [3.05, 3.63) is 29.3 Å². The maximum Gasteiger partial charge on any atom is 0.221 e. The summed E-state index contributed by atoms with van der Waals surface area (Å²) in [6.07, 6.45) is 0.462. The summed E-state index contributed by atoms with van der Waals surface area (Å²) < 4.78 is 0. The number of hydrogen-bond donors (Lipinski definition) is 2. The molecule has 1 amide bonds. The quantitative estimate of drug-likeness (QED) is 0.849. The van der Waals surface area contributed by atoms with Gasteiger partial charge in [-0.25, -0.2) is 0 Å². The third-order valence-electron chi connectivity index (χ3n) is 3.98. The van der Waals surface area contributed by atoms with Crippen LogP contribution in [-0.4, -0.2) is 56.6 Å². The third kappa shape index (κ3) is 4.33. The van der Waals surface area contributed by atoms with Gasteiger partial charge in [0.05, 0.1) is 0 Å². The number of nitrogens with two attached hydrogens (primary N) is 1. The molecule has 1 aliphatic rings. The van der Waals surface area contributed by atoms with Gasteiger partial charge in [-0.3, -0.25) is 9.69 Å². The normalized spacial score (nSPS) is 17.6. The van der Waals surface area contributed by atoms with Gasteiger partial charge in [-0.05, 0) is 18.2 Å². The lowest BCUT2D eigenvalue weighted by atomic mass is 10.1. The van der Waals surface area contributed by atoms with Crippen molar-refractivity contribution in [1.82, 2.24) is 10.2 Å².